The molecule has 1 aliphatic rings. The maximum Gasteiger partial charge on any atom is 0.109 e. The summed E-state index contributed by atoms with van der Waals surface area (Å²) in [6, 6.07) is 6.91. The topological polar surface area (TPSA) is 37.0 Å². The van der Waals surface area contributed by atoms with Gasteiger partial charge >= 0.3 is 0 Å². The van der Waals surface area contributed by atoms with Crippen molar-refractivity contribution >= 4 is 17.0 Å². The number of aryl methyl sites for hydroxylation is 1. The summed E-state index contributed by atoms with van der Waals surface area (Å²) >= 11 is 1.71. The van der Waals surface area contributed by atoms with Gasteiger partial charge in [-0.25, -0.2) is 4.98 Å². The van der Waals surface area contributed by atoms with Crippen LogP contribution in [0.1, 0.15) is 35.5 Å². The second kappa shape index (κ2) is 5.72. The highest BCUT2D eigenvalue weighted by Gasteiger charge is 2.13. The Balaban J connectivity index is 1.70. The summed E-state index contributed by atoms with van der Waals surface area (Å²) in [5.74, 6) is 0. The Morgan fingerprint density at radius 2 is 2.42 bits per heavy atom. The lowest BCUT2D eigenvalue weighted by molar-refractivity contribution is 0.571. The Kier molecular flexibility index (Phi) is 3.80. The molecule has 0 saturated carbocycles. The van der Waals surface area contributed by atoms with Gasteiger partial charge in [0, 0.05) is 30.4 Å². The van der Waals surface area contributed by atoms with Crippen molar-refractivity contribution in [3.05, 3.63) is 45.9 Å². The number of thiazole rings is 1. The van der Waals surface area contributed by atoms with Crippen LogP contribution >= 0.6 is 11.3 Å². The van der Waals surface area contributed by atoms with Crippen molar-refractivity contribution in [1.82, 2.24) is 10.3 Å². The molecule has 1 atom stereocenters. The van der Waals surface area contributed by atoms with Crippen LogP contribution in [0, 0.1) is 0 Å². The monoisotopic (exact) mass is 273 g/mol. The molecule has 2 heterocycles. The first-order chi connectivity index (χ1) is 9.34. The second-order valence-electron chi connectivity index (χ2n) is 4.95. The van der Waals surface area contributed by atoms with Gasteiger partial charge in [0.15, 0.2) is 0 Å². The number of benzene rings is 1. The van der Waals surface area contributed by atoms with Crippen LogP contribution in [0.4, 0.5) is 5.69 Å². The number of para-hydroxylation sites is 1. The van der Waals surface area contributed by atoms with Crippen molar-refractivity contribution in [2.75, 3.05) is 11.9 Å². The van der Waals surface area contributed by atoms with Crippen LogP contribution in [0.5, 0.6) is 0 Å². The number of aromatic nitrogens is 1. The van der Waals surface area contributed by atoms with E-state index < -0.39 is 0 Å². The molecule has 0 amide bonds. The van der Waals surface area contributed by atoms with E-state index >= 15 is 0 Å². The van der Waals surface area contributed by atoms with E-state index in [0.717, 1.165) is 18.1 Å². The van der Waals surface area contributed by atoms with Gasteiger partial charge in [-0.3, -0.25) is 0 Å². The molecule has 0 bridgehead atoms. The van der Waals surface area contributed by atoms with Crippen LogP contribution in [0.2, 0.25) is 0 Å². The van der Waals surface area contributed by atoms with Crippen LogP contribution < -0.4 is 10.6 Å². The Labute approximate surface area is 118 Å². The van der Waals surface area contributed by atoms with Gasteiger partial charge < -0.3 is 10.6 Å². The molecule has 2 aromatic rings. The van der Waals surface area contributed by atoms with E-state index in [4.69, 9.17) is 0 Å². The van der Waals surface area contributed by atoms with Crippen LogP contribution in [0.25, 0.3) is 0 Å². The predicted octanol–water partition coefficient (Wildman–Crippen LogP) is 3.35. The predicted molar refractivity (Wildman–Crippen MR) is 80.6 cm³/mol. The normalized spacial score (nSPS) is 15.6. The summed E-state index contributed by atoms with van der Waals surface area (Å²) in [7, 11) is 0. The van der Waals surface area contributed by atoms with Gasteiger partial charge in [0.25, 0.3) is 0 Å². The number of fused-ring (bicyclic) bond motifs is 1. The van der Waals surface area contributed by atoms with Crippen LogP contribution in [-0.2, 0) is 13.0 Å². The second-order valence-corrected chi connectivity index (χ2v) is 5.88. The molecule has 1 unspecified atom stereocenters. The van der Waals surface area contributed by atoms with E-state index in [0.29, 0.717) is 6.04 Å². The third-order valence-electron chi connectivity index (χ3n) is 3.58. The van der Waals surface area contributed by atoms with Gasteiger partial charge in [-0.05, 0) is 30.9 Å². The fraction of sp³-hybridized carbons (Fsp3) is 0.400. The SMILES string of the molecule is CC(NCc1cccc2c1NCCC2)c1nccs1. The minimum absolute atomic E-state index is 0.305. The molecule has 0 fully saturated rings. The molecule has 0 spiro atoms. The molecule has 2 N–H and O–H groups in total. The van der Waals surface area contributed by atoms with E-state index in [1.807, 2.05) is 11.6 Å². The summed E-state index contributed by atoms with van der Waals surface area (Å²) in [5.41, 5.74) is 4.15. The Morgan fingerprint density at radius 1 is 1.47 bits per heavy atom. The molecule has 1 aromatic carbocycles. The van der Waals surface area contributed by atoms with Crippen molar-refractivity contribution in [3.63, 3.8) is 0 Å². The average molecular weight is 273 g/mol. The fourth-order valence-corrected chi connectivity index (χ4v) is 3.20. The molecule has 0 aliphatic carbocycles. The molecule has 3 nitrogen and oxygen atoms in total. The van der Waals surface area contributed by atoms with E-state index in [1.54, 1.807) is 11.3 Å². The summed E-state index contributed by atoms with van der Waals surface area (Å²) in [6.07, 6.45) is 4.29. The Morgan fingerprint density at radius 3 is 3.26 bits per heavy atom. The van der Waals surface area contributed by atoms with E-state index in [1.165, 1.54) is 29.7 Å². The molecule has 0 radical (unpaired) electrons. The lowest BCUT2D eigenvalue weighted by Gasteiger charge is -2.22. The van der Waals surface area contributed by atoms with Gasteiger partial charge in [-0.15, -0.1) is 11.3 Å². The minimum Gasteiger partial charge on any atom is -0.385 e. The Hall–Kier alpha value is -1.39. The van der Waals surface area contributed by atoms with Crippen molar-refractivity contribution in [3.8, 4) is 0 Å². The van der Waals surface area contributed by atoms with Gasteiger partial charge in [-0.2, -0.15) is 0 Å². The number of rotatable bonds is 4. The third kappa shape index (κ3) is 2.80. The first-order valence-electron chi connectivity index (χ1n) is 6.82. The molecule has 100 valence electrons. The van der Waals surface area contributed by atoms with Crippen molar-refractivity contribution in [1.29, 1.82) is 0 Å². The standard InChI is InChI=1S/C15H19N3S/c1-11(15-17-8-9-19-15)18-10-13-5-2-4-12-6-3-7-16-14(12)13/h2,4-5,8-9,11,16,18H,3,6-7,10H2,1H3. The van der Waals surface area contributed by atoms with Gasteiger partial charge in [0.2, 0.25) is 0 Å². The zero-order valence-corrected chi connectivity index (χ0v) is 12.0. The molecular formula is C15H19N3S. The third-order valence-corrected chi connectivity index (χ3v) is 4.54. The first-order valence-corrected chi connectivity index (χ1v) is 7.70. The molecule has 1 aliphatic heterocycles. The highest BCUT2D eigenvalue weighted by molar-refractivity contribution is 7.09. The molecule has 3 rings (SSSR count). The molecule has 19 heavy (non-hydrogen) atoms. The summed E-state index contributed by atoms with van der Waals surface area (Å²) in [5, 5.41) is 10.3. The fourth-order valence-electron chi connectivity index (χ4n) is 2.53. The highest BCUT2D eigenvalue weighted by atomic mass is 32.1. The van der Waals surface area contributed by atoms with Gasteiger partial charge in [0.1, 0.15) is 5.01 Å². The number of hydrogen-bond donors (Lipinski definition) is 2. The number of nitrogens with zero attached hydrogens (tertiary/aromatic N) is 1. The summed E-state index contributed by atoms with van der Waals surface area (Å²) < 4.78 is 0. The quantitative estimate of drug-likeness (QED) is 0.897. The Bertz CT molecular complexity index is 536. The number of nitrogens with one attached hydrogen (secondary N) is 2. The van der Waals surface area contributed by atoms with Gasteiger partial charge in [0.05, 0.1) is 6.04 Å². The number of anilines is 1. The molecule has 1 aromatic heterocycles. The highest BCUT2D eigenvalue weighted by Crippen LogP contribution is 2.26. The zero-order chi connectivity index (χ0) is 13.1. The maximum atomic E-state index is 4.36. The van der Waals surface area contributed by atoms with E-state index in [2.05, 4.69) is 40.7 Å². The zero-order valence-electron chi connectivity index (χ0n) is 11.1. The lowest BCUT2D eigenvalue weighted by atomic mass is 9.99. The minimum atomic E-state index is 0.305. The van der Waals surface area contributed by atoms with Gasteiger partial charge in [-0.1, -0.05) is 18.2 Å². The molecule has 0 saturated heterocycles. The van der Waals surface area contributed by atoms with Crippen molar-refractivity contribution in [2.45, 2.75) is 32.4 Å². The summed E-state index contributed by atoms with van der Waals surface area (Å²) in [4.78, 5) is 4.36. The van der Waals surface area contributed by atoms with Crippen molar-refractivity contribution in [2.24, 2.45) is 0 Å². The van der Waals surface area contributed by atoms with Crippen LogP contribution in [-0.4, -0.2) is 11.5 Å². The largest absolute Gasteiger partial charge is 0.385 e. The molecule has 4 heteroatoms. The lowest BCUT2D eigenvalue weighted by Crippen LogP contribution is -2.20. The average Bonchev–Trinajstić information content (AvgIpc) is 2.99. The maximum absolute atomic E-state index is 4.36. The van der Waals surface area contributed by atoms with Crippen molar-refractivity contribution < 1.29 is 0 Å². The van der Waals surface area contributed by atoms with Crippen LogP contribution in [0.15, 0.2) is 29.8 Å². The van der Waals surface area contributed by atoms with E-state index in [-0.39, 0.29) is 0 Å². The molecular weight excluding hydrogens is 254 g/mol. The number of hydrogen-bond acceptors (Lipinski definition) is 4. The van der Waals surface area contributed by atoms with Crippen LogP contribution in [0.3, 0.4) is 0 Å². The summed E-state index contributed by atoms with van der Waals surface area (Å²) in [6.45, 7) is 4.14. The van der Waals surface area contributed by atoms with E-state index in [9.17, 15) is 0 Å². The smallest absolute Gasteiger partial charge is 0.109 e. The first kappa shape index (κ1) is 12.6.